The van der Waals surface area contributed by atoms with Crippen LogP contribution in [0.2, 0.25) is 0 Å². The summed E-state index contributed by atoms with van der Waals surface area (Å²) in [4.78, 5) is 6.42. The molecule has 0 atom stereocenters. The van der Waals surface area contributed by atoms with Crippen molar-refractivity contribution in [1.29, 1.82) is 0 Å². The molecule has 3 nitrogen and oxygen atoms in total. The molecule has 0 radical (unpaired) electrons. The summed E-state index contributed by atoms with van der Waals surface area (Å²) in [5.41, 5.74) is 5.44. The summed E-state index contributed by atoms with van der Waals surface area (Å²) >= 11 is 0. The summed E-state index contributed by atoms with van der Waals surface area (Å²) in [6.45, 7) is 5.16. The van der Waals surface area contributed by atoms with E-state index < -0.39 is 0 Å². The first-order chi connectivity index (χ1) is 11.1. The SMILES string of the molecule is Cc1cc(C2=CCN(c3cccc(CO)c3F)CC2)cc(C)n1. The molecule has 23 heavy (non-hydrogen) atoms. The van der Waals surface area contributed by atoms with Crippen LogP contribution in [-0.2, 0) is 6.61 Å². The molecule has 2 heterocycles. The van der Waals surface area contributed by atoms with Gasteiger partial charge in [0, 0.05) is 30.0 Å². The number of aliphatic hydroxyl groups excluding tert-OH is 1. The molecule has 1 N–H and O–H groups in total. The molecule has 0 bridgehead atoms. The lowest BCUT2D eigenvalue weighted by Gasteiger charge is -2.29. The zero-order chi connectivity index (χ0) is 16.4. The van der Waals surface area contributed by atoms with Crippen molar-refractivity contribution in [2.75, 3.05) is 18.0 Å². The highest BCUT2D eigenvalue weighted by molar-refractivity contribution is 5.69. The largest absolute Gasteiger partial charge is 0.392 e. The Kier molecular flexibility index (Phi) is 4.44. The number of rotatable bonds is 3. The molecule has 0 amide bonds. The van der Waals surface area contributed by atoms with Crippen molar-refractivity contribution < 1.29 is 9.50 Å². The van der Waals surface area contributed by atoms with Gasteiger partial charge in [-0.25, -0.2) is 4.39 Å². The molecule has 120 valence electrons. The van der Waals surface area contributed by atoms with E-state index in [-0.39, 0.29) is 12.4 Å². The van der Waals surface area contributed by atoms with Crippen LogP contribution in [0, 0.1) is 19.7 Å². The summed E-state index contributed by atoms with van der Waals surface area (Å²) in [6, 6.07) is 9.38. The van der Waals surface area contributed by atoms with Crippen molar-refractivity contribution in [2.24, 2.45) is 0 Å². The van der Waals surface area contributed by atoms with Crippen molar-refractivity contribution in [1.82, 2.24) is 4.98 Å². The third-order valence-corrected chi connectivity index (χ3v) is 4.23. The van der Waals surface area contributed by atoms with Crippen LogP contribution in [0.1, 0.15) is 28.9 Å². The average Bonchev–Trinajstić information content (AvgIpc) is 2.54. The monoisotopic (exact) mass is 312 g/mol. The molecule has 0 aliphatic carbocycles. The van der Waals surface area contributed by atoms with Gasteiger partial charge in [-0.05, 0) is 49.6 Å². The Balaban J connectivity index is 1.83. The molecule has 1 aromatic carbocycles. The van der Waals surface area contributed by atoms with Crippen molar-refractivity contribution in [3.63, 3.8) is 0 Å². The minimum atomic E-state index is -0.317. The molecular weight excluding hydrogens is 291 g/mol. The first kappa shape index (κ1) is 15.7. The van der Waals surface area contributed by atoms with E-state index in [4.69, 9.17) is 0 Å². The molecule has 0 spiro atoms. The molecule has 1 aliphatic heterocycles. The summed E-state index contributed by atoms with van der Waals surface area (Å²) < 4.78 is 14.4. The number of hydrogen-bond acceptors (Lipinski definition) is 3. The van der Waals surface area contributed by atoms with Crippen LogP contribution in [0.5, 0.6) is 0 Å². The second-order valence-electron chi connectivity index (χ2n) is 5.97. The lowest BCUT2D eigenvalue weighted by Crippen LogP contribution is -2.29. The van der Waals surface area contributed by atoms with Crippen LogP contribution in [0.4, 0.5) is 10.1 Å². The quantitative estimate of drug-likeness (QED) is 0.940. The van der Waals surface area contributed by atoms with E-state index in [0.29, 0.717) is 17.8 Å². The molecule has 4 heteroatoms. The molecule has 3 rings (SSSR count). The van der Waals surface area contributed by atoms with Crippen molar-refractivity contribution >= 4 is 11.3 Å². The number of hydrogen-bond donors (Lipinski definition) is 1. The van der Waals surface area contributed by atoms with Crippen molar-refractivity contribution in [3.8, 4) is 0 Å². The van der Waals surface area contributed by atoms with Crippen LogP contribution in [0.15, 0.2) is 36.4 Å². The fourth-order valence-electron chi connectivity index (χ4n) is 3.10. The molecule has 0 unspecified atom stereocenters. The van der Waals surface area contributed by atoms with Gasteiger partial charge in [-0.3, -0.25) is 4.98 Å². The van der Waals surface area contributed by atoms with Crippen LogP contribution in [0.3, 0.4) is 0 Å². The highest BCUT2D eigenvalue weighted by atomic mass is 19.1. The second-order valence-corrected chi connectivity index (χ2v) is 5.97. The Morgan fingerprint density at radius 3 is 2.57 bits per heavy atom. The number of aromatic nitrogens is 1. The molecule has 2 aromatic rings. The van der Waals surface area contributed by atoms with Gasteiger partial charge in [-0.2, -0.15) is 0 Å². The maximum Gasteiger partial charge on any atom is 0.151 e. The van der Waals surface area contributed by atoms with Crippen LogP contribution in [0.25, 0.3) is 5.57 Å². The third kappa shape index (κ3) is 3.27. The minimum Gasteiger partial charge on any atom is -0.392 e. The van der Waals surface area contributed by atoms with Gasteiger partial charge in [-0.15, -0.1) is 0 Å². The lowest BCUT2D eigenvalue weighted by molar-refractivity contribution is 0.276. The van der Waals surface area contributed by atoms with Crippen LogP contribution < -0.4 is 4.90 Å². The normalized spacial score (nSPS) is 14.8. The standard InChI is InChI=1S/C19H21FN2O/c1-13-10-17(11-14(2)21-13)15-6-8-22(9-7-15)18-5-3-4-16(12-23)19(18)20/h3-6,10-11,23H,7-9,12H2,1-2H3. The fourth-order valence-corrected chi connectivity index (χ4v) is 3.10. The molecule has 1 aromatic heterocycles. The lowest BCUT2D eigenvalue weighted by atomic mass is 9.98. The van der Waals surface area contributed by atoms with E-state index in [9.17, 15) is 9.50 Å². The zero-order valence-electron chi connectivity index (χ0n) is 13.5. The second kappa shape index (κ2) is 6.50. The molecule has 1 aliphatic rings. The number of benzene rings is 1. The van der Waals surface area contributed by atoms with Crippen molar-refractivity contribution in [2.45, 2.75) is 26.9 Å². The van der Waals surface area contributed by atoms with Gasteiger partial charge in [0.15, 0.2) is 5.82 Å². The van der Waals surface area contributed by atoms with E-state index in [1.807, 2.05) is 18.7 Å². The minimum absolute atomic E-state index is 0.274. The van der Waals surface area contributed by atoms with Crippen molar-refractivity contribution in [3.05, 3.63) is 64.7 Å². The Morgan fingerprint density at radius 2 is 1.96 bits per heavy atom. The van der Waals surface area contributed by atoms with Gasteiger partial charge in [-0.1, -0.05) is 18.2 Å². The summed E-state index contributed by atoms with van der Waals surface area (Å²) in [5, 5.41) is 9.21. The highest BCUT2D eigenvalue weighted by Gasteiger charge is 2.18. The Bertz CT molecular complexity index is 735. The summed E-state index contributed by atoms with van der Waals surface area (Å²) in [6.07, 6.45) is 3.02. The topological polar surface area (TPSA) is 36.4 Å². The van der Waals surface area contributed by atoms with Gasteiger partial charge < -0.3 is 10.0 Å². The maximum atomic E-state index is 14.4. The Morgan fingerprint density at radius 1 is 1.22 bits per heavy atom. The number of aliphatic hydroxyl groups is 1. The molecular formula is C19H21FN2O. The number of pyridine rings is 1. The van der Waals surface area contributed by atoms with E-state index >= 15 is 0 Å². The summed E-state index contributed by atoms with van der Waals surface area (Å²) in [7, 11) is 0. The Labute approximate surface area is 136 Å². The number of anilines is 1. The smallest absolute Gasteiger partial charge is 0.151 e. The van der Waals surface area contributed by atoms with Gasteiger partial charge in [0.2, 0.25) is 0 Å². The molecule has 0 fully saturated rings. The number of halogens is 1. The third-order valence-electron chi connectivity index (χ3n) is 4.23. The molecule has 0 saturated carbocycles. The van der Waals surface area contributed by atoms with E-state index in [0.717, 1.165) is 24.4 Å². The average molecular weight is 312 g/mol. The predicted octanol–water partition coefficient (Wildman–Crippen LogP) is 3.62. The fraction of sp³-hybridized carbons (Fsp3) is 0.316. The number of nitrogens with zero attached hydrogens (tertiary/aromatic N) is 2. The Hall–Kier alpha value is -2.20. The van der Waals surface area contributed by atoms with Gasteiger partial charge in [0.1, 0.15) is 0 Å². The summed E-state index contributed by atoms with van der Waals surface area (Å²) in [5.74, 6) is -0.317. The van der Waals surface area contributed by atoms with Gasteiger partial charge in [0.05, 0.1) is 12.3 Å². The molecule has 0 saturated heterocycles. The first-order valence-corrected chi connectivity index (χ1v) is 7.86. The first-order valence-electron chi connectivity index (χ1n) is 7.86. The van der Waals surface area contributed by atoms with Crippen LogP contribution in [-0.4, -0.2) is 23.2 Å². The van der Waals surface area contributed by atoms with Gasteiger partial charge >= 0.3 is 0 Å². The van der Waals surface area contributed by atoms with E-state index in [1.54, 1.807) is 18.2 Å². The van der Waals surface area contributed by atoms with Crippen LogP contribution >= 0.6 is 0 Å². The zero-order valence-corrected chi connectivity index (χ0v) is 13.5. The van der Waals surface area contributed by atoms with E-state index in [1.165, 1.54) is 11.1 Å². The van der Waals surface area contributed by atoms with E-state index in [2.05, 4.69) is 23.2 Å². The predicted molar refractivity (Wildman–Crippen MR) is 90.8 cm³/mol. The van der Waals surface area contributed by atoms with Gasteiger partial charge in [0.25, 0.3) is 0 Å². The maximum absolute atomic E-state index is 14.4. The number of aryl methyl sites for hydroxylation is 2. The highest BCUT2D eigenvalue weighted by Crippen LogP contribution is 2.29.